The van der Waals surface area contributed by atoms with Crippen LogP contribution in [0, 0.1) is 5.92 Å². The summed E-state index contributed by atoms with van der Waals surface area (Å²) in [6.45, 7) is 5.00. The first-order valence-corrected chi connectivity index (χ1v) is 7.10. The van der Waals surface area contributed by atoms with Crippen LogP contribution in [-0.4, -0.2) is 22.8 Å². The summed E-state index contributed by atoms with van der Waals surface area (Å²) >= 11 is 0. The van der Waals surface area contributed by atoms with Gasteiger partial charge < -0.3 is 15.0 Å². The fourth-order valence-electron chi connectivity index (χ4n) is 2.86. The lowest BCUT2D eigenvalue weighted by Gasteiger charge is -2.23. The zero-order chi connectivity index (χ0) is 13.2. The molecule has 1 aliphatic heterocycles. The molecule has 1 aromatic carbocycles. The number of hydrogen-bond acceptors (Lipinski definition) is 3. The number of nitrogen functional groups attached to an aromatic ring is 1. The molecule has 0 radical (unpaired) electrons. The molecule has 0 atom stereocenters. The Kier molecular flexibility index (Phi) is 3.42. The second-order valence-electron chi connectivity index (χ2n) is 5.30. The van der Waals surface area contributed by atoms with Gasteiger partial charge in [-0.15, -0.1) is 0 Å². The van der Waals surface area contributed by atoms with Crippen LogP contribution in [0.25, 0.3) is 11.0 Å². The van der Waals surface area contributed by atoms with Gasteiger partial charge in [-0.2, -0.15) is 0 Å². The third-order valence-electron chi connectivity index (χ3n) is 3.95. The monoisotopic (exact) mass is 259 g/mol. The van der Waals surface area contributed by atoms with E-state index in [0.717, 1.165) is 56.0 Å². The molecular weight excluding hydrogens is 238 g/mol. The average Bonchev–Trinajstić information content (AvgIpc) is 2.77. The van der Waals surface area contributed by atoms with E-state index in [0.29, 0.717) is 5.92 Å². The number of hydrogen-bond donors (Lipinski definition) is 1. The summed E-state index contributed by atoms with van der Waals surface area (Å²) in [7, 11) is 0. The van der Waals surface area contributed by atoms with Crippen LogP contribution in [0.1, 0.15) is 25.6 Å². The molecule has 102 valence electrons. The van der Waals surface area contributed by atoms with Crippen molar-refractivity contribution in [2.24, 2.45) is 5.92 Å². The first kappa shape index (κ1) is 12.5. The highest BCUT2D eigenvalue weighted by atomic mass is 16.5. The molecule has 0 aliphatic carbocycles. The Hall–Kier alpha value is -1.55. The van der Waals surface area contributed by atoms with Gasteiger partial charge >= 0.3 is 0 Å². The van der Waals surface area contributed by atoms with Crippen LogP contribution >= 0.6 is 0 Å². The highest BCUT2D eigenvalue weighted by Crippen LogP contribution is 2.24. The zero-order valence-corrected chi connectivity index (χ0v) is 11.4. The highest BCUT2D eigenvalue weighted by Gasteiger charge is 2.17. The van der Waals surface area contributed by atoms with Crippen LogP contribution in [0.2, 0.25) is 0 Å². The summed E-state index contributed by atoms with van der Waals surface area (Å²) in [6, 6.07) is 6.02. The van der Waals surface area contributed by atoms with Gasteiger partial charge in [-0.3, -0.25) is 0 Å². The van der Waals surface area contributed by atoms with E-state index in [1.807, 2.05) is 12.1 Å². The van der Waals surface area contributed by atoms with Gasteiger partial charge in [-0.05, 0) is 37.0 Å². The van der Waals surface area contributed by atoms with E-state index in [-0.39, 0.29) is 0 Å². The van der Waals surface area contributed by atoms with Gasteiger partial charge in [-0.25, -0.2) is 4.98 Å². The first-order valence-electron chi connectivity index (χ1n) is 7.10. The first-order chi connectivity index (χ1) is 9.28. The SMILES string of the molecule is CCc1nc2cc(N)ccc2n1CC1CCOCC1. The smallest absolute Gasteiger partial charge is 0.109 e. The lowest BCUT2D eigenvalue weighted by atomic mass is 10.0. The van der Waals surface area contributed by atoms with Crippen LogP contribution < -0.4 is 5.73 Å². The Bertz CT molecular complexity index is 570. The van der Waals surface area contributed by atoms with Crippen molar-refractivity contribution >= 4 is 16.7 Å². The van der Waals surface area contributed by atoms with E-state index in [9.17, 15) is 0 Å². The van der Waals surface area contributed by atoms with E-state index in [1.54, 1.807) is 0 Å². The van der Waals surface area contributed by atoms with Gasteiger partial charge in [0.25, 0.3) is 0 Å². The summed E-state index contributed by atoms with van der Waals surface area (Å²) in [4.78, 5) is 4.71. The van der Waals surface area contributed by atoms with Crippen molar-refractivity contribution in [3.8, 4) is 0 Å². The second kappa shape index (κ2) is 5.21. The number of aromatic nitrogens is 2. The largest absolute Gasteiger partial charge is 0.399 e. The average molecular weight is 259 g/mol. The molecule has 0 unspecified atom stereocenters. The number of nitrogens with two attached hydrogens (primary N) is 1. The number of anilines is 1. The molecule has 0 saturated carbocycles. The minimum absolute atomic E-state index is 0.703. The van der Waals surface area contributed by atoms with Gasteiger partial charge in [0.1, 0.15) is 5.82 Å². The number of fused-ring (bicyclic) bond motifs is 1. The molecule has 2 aromatic rings. The normalized spacial score (nSPS) is 17.1. The van der Waals surface area contributed by atoms with Crippen molar-refractivity contribution < 1.29 is 4.74 Å². The van der Waals surface area contributed by atoms with E-state index in [2.05, 4.69) is 17.6 Å². The predicted molar refractivity (Wildman–Crippen MR) is 77.1 cm³/mol. The summed E-state index contributed by atoms with van der Waals surface area (Å²) in [5.74, 6) is 1.86. The highest BCUT2D eigenvalue weighted by molar-refractivity contribution is 5.79. The molecular formula is C15H21N3O. The van der Waals surface area contributed by atoms with Gasteiger partial charge in [0, 0.05) is 31.9 Å². The minimum Gasteiger partial charge on any atom is -0.399 e. The summed E-state index contributed by atoms with van der Waals surface area (Å²) in [5.41, 5.74) is 8.85. The fraction of sp³-hybridized carbons (Fsp3) is 0.533. The quantitative estimate of drug-likeness (QED) is 0.862. The van der Waals surface area contributed by atoms with Crippen molar-refractivity contribution in [2.45, 2.75) is 32.7 Å². The van der Waals surface area contributed by atoms with Gasteiger partial charge in [-0.1, -0.05) is 6.92 Å². The second-order valence-corrected chi connectivity index (χ2v) is 5.30. The van der Waals surface area contributed by atoms with Crippen LogP contribution in [0.5, 0.6) is 0 Å². The molecule has 1 fully saturated rings. The Labute approximate surface area is 113 Å². The molecule has 0 amide bonds. The van der Waals surface area contributed by atoms with Crippen molar-refractivity contribution in [2.75, 3.05) is 18.9 Å². The van der Waals surface area contributed by atoms with E-state index < -0.39 is 0 Å². The predicted octanol–water partition coefficient (Wildman–Crippen LogP) is 2.61. The fourth-order valence-corrected chi connectivity index (χ4v) is 2.86. The number of nitrogens with zero attached hydrogens (tertiary/aromatic N) is 2. The molecule has 1 aromatic heterocycles. The molecule has 0 bridgehead atoms. The van der Waals surface area contributed by atoms with Gasteiger partial charge in [0.05, 0.1) is 11.0 Å². The van der Waals surface area contributed by atoms with E-state index in [1.165, 1.54) is 5.52 Å². The lowest BCUT2D eigenvalue weighted by Crippen LogP contribution is -2.21. The Morgan fingerprint density at radius 1 is 1.37 bits per heavy atom. The maximum atomic E-state index is 5.84. The minimum atomic E-state index is 0.703. The third-order valence-corrected chi connectivity index (χ3v) is 3.95. The number of benzene rings is 1. The van der Waals surface area contributed by atoms with Crippen molar-refractivity contribution in [3.05, 3.63) is 24.0 Å². The van der Waals surface area contributed by atoms with Crippen LogP contribution in [0.4, 0.5) is 5.69 Å². The molecule has 0 spiro atoms. The summed E-state index contributed by atoms with van der Waals surface area (Å²) < 4.78 is 7.80. The Balaban J connectivity index is 1.95. The zero-order valence-electron chi connectivity index (χ0n) is 11.4. The maximum Gasteiger partial charge on any atom is 0.109 e. The van der Waals surface area contributed by atoms with E-state index >= 15 is 0 Å². The van der Waals surface area contributed by atoms with Crippen molar-refractivity contribution in [1.29, 1.82) is 0 Å². The number of imidazole rings is 1. The third kappa shape index (κ3) is 2.45. The standard InChI is InChI=1S/C15H21N3O/c1-2-15-17-13-9-12(16)3-4-14(13)18(15)10-11-5-7-19-8-6-11/h3-4,9,11H,2,5-8,10,16H2,1H3. The van der Waals surface area contributed by atoms with Crippen molar-refractivity contribution in [3.63, 3.8) is 0 Å². The molecule has 4 heteroatoms. The number of aryl methyl sites for hydroxylation is 1. The summed E-state index contributed by atoms with van der Waals surface area (Å²) in [5, 5.41) is 0. The van der Waals surface area contributed by atoms with Crippen LogP contribution in [0.3, 0.4) is 0 Å². The van der Waals surface area contributed by atoms with Crippen molar-refractivity contribution in [1.82, 2.24) is 9.55 Å². The molecule has 4 nitrogen and oxygen atoms in total. The molecule has 3 rings (SSSR count). The number of rotatable bonds is 3. The Morgan fingerprint density at radius 3 is 2.89 bits per heavy atom. The van der Waals surface area contributed by atoms with Gasteiger partial charge in [0.2, 0.25) is 0 Å². The molecule has 1 aliphatic rings. The topological polar surface area (TPSA) is 53.1 Å². The summed E-state index contributed by atoms with van der Waals surface area (Å²) in [6.07, 6.45) is 3.26. The molecule has 2 heterocycles. The van der Waals surface area contributed by atoms with Crippen LogP contribution in [0.15, 0.2) is 18.2 Å². The lowest BCUT2D eigenvalue weighted by molar-refractivity contribution is 0.0613. The van der Waals surface area contributed by atoms with Gasteiger partial charge in [0.15, 0.2) is 0 Å². The van der Waals surface area contributed by atoms with Crippen LogP contribution in [-0.2, 0) is 17.7 Å². The van der Waals surface area contributed by atoms with E-state index in [4.69, 9.17) is 15.5 Å². The molecule has 2 N–H and O–H groups in total. The molecule has 1 saturated heterocycles. The maximum absolute atomic E-state index is 5.84. The Morgan fingerprint density at radius 2 is 2.16 bits per heavy atom. The number of ether oxygens (including phenoxy) is 1. The molecule has 19 heavy (non-hydrogen) atoms.